The highest BCUT2D eigenvalue weighted by Gasteiger charge is 2.43. The first-order valence-corrected chi connectivity index (χ1v) is 5.34. The fourth-order valence-corrected chi connectivity index (χ4v) is 2.34. The van der Waals surface area contributed by atoms with E-state index in [1.54, 1.807) is 0 Å². The molecule has 0 aromatic heterocycles. The SMILES string of the molecule is Cc1cc(Br)cc(C2(CO)CC2)c1. The predicted octanol–water partition coefficient (Wildman–Crippen LogP) is 2.78. The molecule has 2 heteroatoms. The van der Waals surface area contributed by atoms with Crippen molar-refractivity contribution >= 4 is 15.9 Å². The Hall–Kier alpha value is -0.340. The van der Waals surface area contributed by atoms with E-state index < -0.39 is 0 Å². The molecule has 1 N–H and O–H groups in total. The van der Waals surface area contributed by atoms with Crippen LogP contribution in [0.5, 0.6) is 0 Å². The van der Waals surface area contributed by atoms with E-state index in [0.29, 0.717) is 0 Å². The molecule has 1 aliphatic carbocycles. The Labute approximate surface area is 86.9 Å². The average molecular weight is 241 g/mol. The van der Waals surface area contributed by atoms with Gasteiger partial charge in [-0.3, -0.25) is 0 Å². The molecule has 0 bridgehead atoms. The van der Waals surface area contributed by atoms with Gasteiger partial charge in [0.05, 0.1) is 6.61 Å². The van der Waals surface area contributed by atoms with Gasteiger partial charge in [0.2, 0.25) is 0 Å². The summed E-state index contributed by atoms with van der Waals surface area (Å²) in [6.07, 6.45) is 2.25. The summed E-state index contributed by atoms with van der Waals surface area (Å²) in [7, 11) is 0. The Morgan fingerprint density at radius 2 is 2.08 bits per heavy atom. The summed E-state index contributed by atoms with van der Waals surface area (Å²) in [4.78, 5) is 0. The van der Waals surface area contributed by atoms with Gasteiger partial charge in [0.15, 0.2) is 0 Å². The molecule has 13 heavy (non-hydrogen) atoms. The van der Waals surface area contributed by atoms with Crippen molar-refractivity contribution in [3.05, 3.63) is 33.8 Å². The molecular weight excluding hydrogens is 228 g/mol. The van der Waals surface area contributed by atoms with Gasteiger partial charge in [-0.25, -0.2) is 0 Å². The Morgan fingerprint density at radius 1 is 1.38 bits per heavy atom. The van der Waals surface area contributed by atoms with Crippen LogP contribution in [0.1, 0.15) is 24.0 Å². The highest BCUT2D eigenvalue weighted by Crippen LogP contribution is 2.48. The van der Waals surface area contributed by atoms with Crippen molar-refractivity contribution in [3.8, 4) is 0 Å². The van der Waals surface area contributed by atoms with Gasteiger partial charge in [0.25, 0.3) is 0 Å². The molecule has 0 saturated heterocycles. The number of aliphatic hydroxyl groups is 1. The first-order valence-electron chi connectivity index (χ1n) is 4.55. The highest BCUT2D eigenvalue weighted by atomic mass is 79.9. The summed E-state index contributed by atoms with van der Waals surface area (Å²) in [5, 5.41) is 9.28. The van der Waals surface area contributed by atoms with Crippen LogP contribution in [-0.2, 0) is 5.41 Å². The summed E-state index contributed by atoms with van der Waals surface area (Å²) in [5.41, 5.74) is 2.63. The molecule has 70 valence electrons. The number of aryl methyl sites for hydroxylation is 1. The zero-order valence-corrected chi connectivity index (χ0v) is 9.26. The normalized spacial score (nSPS) is 18.7. The van der Waals surface area contributed by atoms with Crippen molar-refractivity contribution in [2.75, 3.05) is 6.61 Å². The van der Waals surface area contributed by atoms with Gasteiger partial charge in [0.1, 0.15) is 0 Å². The van der Waals surface area contributed by atoms with Gasteiger partial charge < -0.3 is 5.11 Å². The number of hydrogen-bond donors (Lipinski definition) is 1. The van der Waals surface area contributed by atoms with Crippen molar-refractivity contribution in [1.29, 1.82) is 0 Å². The molecule has 0 radical (unpaired) electrons. The van der Waals surface area contributed by atoms with Crippen LogP contribution in [0.15, 0.2) is 22.7 Å². The summed E-state index contributed by atoms with van der Waals surface area (Å²) in [5.74, 6) is 0. The lowest BCUT2D eigenvalue weighted by Gasteiger charge is -2.13. The molecule has 1 aromatic carbocycles. The second-order valence-electron chi connectivity index (χ2n) is 3.96. The quantitative estimate of drug-likeness (QED) is 0.844. The molecule has 0 unspecified atom stereocenters. The van der Waals surface area contributed by atoms with E-state index in [9.17, 15) is 5.11 Å². The van der Waals surface area contributed by atoms with Crippen LogP contribution in [0.25, 0.3) is 0 Å². The topological polar surface area (TPSA) is 20.2 Å². The molecule has 1 aliphatic rings. The van der Waals surface area contributed by atoms with Gasteiger partial charge in [-0.15, -0.1) is 0 Å². The Morgan fingerprint density at radius 3 is 2.54 bits per heavy atom. The minimum atomic E-state index is 0.0918. The molecule has 1 saturated carbocycles. The zero-order valence-electron chi connectivity index (χ0n) is 7.68. The van der Waals surface area contributed by atoms with Gasteiger partial charge in [-0.1, -0.05) is 22.0 Å². The van der Waals surface area contributed by atoms with Crippen molar-refractivity contribution in [3.63, 3.8) is 0 Å². The van der Waals surface area contributed by atoms with Crippen LogP contribution in [0.2, 0.25) is 0 Å². The number of benzene rings is 1. The number of rotatable bonds is 2. The lowest BCUT2D eigenvalue weighted by Crippen LogP contribution is -2.11. The Kier molecular flexibility index (Phi) is 2.20. The first kappa shape index (κ1) is 9.22. The number of aliphatic hydroxyl groups excluding tert-OH is 1. The molecule has 0 heterocycles. The smallest absolute Gasteiger partial charge is 0.0527 e. The third-order valence-corrected chi connectivity index (χ3v) is 3.27. The third-order valence-electron chi connectivity index (χ3n) is 2.81. The standard InChI is InChI=1S/C11H13BrO/c1-8-4-9(6-10(12)5-8)11(7-13)2-3-11/h4-6,13H,2-3,7H2,1H3. The van der Waals surface area contributed by atoms with E-state index in [1.165, 1.54) is 11.1 Å². The van der Waals surface area contributed by atoms with E-state index >= 15 is 0 Å². The Balaban J connectivity index is 2.40. The van der Waals surface area contributed by atoms with E-state index in [0.717, 1.165) is 17.3 Å². The molecule has 0 amide bonds. The summed E-state index contributed by atoms with van der Waals surface area (Å²) in [6.45, 7) is 2.37. The van der Waals surface area contributed by atoms with E-state index in [-0.39, 0.29) is 12.0 Å². The van der Waals surface area contributed by atoms with Crippen molar-refractivity contribution in [1.82, 2.24) is 0 Å². The molecule has 2 rings (SSSR count). The fourth-order valence-electron chi connectivity index (χ4n) is 1.73. The maximum absolute atomic E-state index is 9.28. The maximum atomic E-state index is 9.28. The largest absolute Gasteiger partial charge is 0.395 e. The van der Waals surface area contributed by atoms with Crippen LogP contribution in [0.3, 0.4) is 0 Å². The van der Waals surface area contributed by atoms with Gasteiger partial charge in [-0.05, 0) is 43.0 Å². The van der Waals surface area contributed by atoms with Crippen LogP contribution < -0.4 is 0 Å². The summed E-state index contributed by atoms with van der Waals surface area (Å²) >= 11 is 3.48. The summed E-state index contributed by atoms with van der Waals surface area (Å²) in [6, 6.07) is 6.39. The van der Waals surface area contributed by atoms with E-state index in [4.69, 9.17) is 0 Å². The van der Waals surface area contributed by atoms with Crippen LogP contribution in [-0.4, -0.2) is 11.7 Å². The average Bonchev–Trinajstić information content (AvgIpc) is 2.82. The molecule has 0 aliphatic heterocycles. The lowest BCUT2D eigenvalue weighted by atomic mass is 9.96. The molecule has 0 spiro atoms. The van der Waals surface area contributed by atoms with E-state index in [2.05, 4.69) is 41.1 Å². The van der Waals surface area contributed by atoms with E-state index in [1.807, 2.05) is 0 Å². The molecule has 1 fully saturated rings. The molecule has 0 atom stereocenters. The minimum absolute atomic E-state index is 0.0918. The maximum Gasteiger partial charge on any atom is 0.0527 e. The zero-order chi connectivity index (χ0) is 9.47. The van der Waals surface area contributed by atoms with Crippen molar-refractivity contribution < 1.29 is 5.11 Å². The molecular formula is C11H13BrO. The summed E-state index contributed by atoms with van der Waals surface area (Å²) < 4.78 is 1.11. The second kappa shape index (κ2) is 3.10. The molecule has 1 aromatic rings. The molecule has 1 nitrogen and oxygen atoms in total. The van der Waals surface area contributed by atoms with Crippen LogP contribution in [0, 0.1) is 6.92 Å². The number of halogens is 1. The van der Waals surface area contributed by atoms with Gasteiger partial charge >= 0.3 is 0 Å². The predicted molar refractivity (Wildman–Crippen MR) is 56.9 cm³/mol. The lowest BCUT2D eigenvalue weighted by molar-refractivity contribution is 0.255. The van der Waals surface area contributed by atoms with Crippen LogP contribution >= 0.6 is 15.9 Å². The fraction of sp³-hybridized carbons (Fsp3) is 0.455. The third kappa shape index (κ3) is 1.65. The Bertz CT molecular complexity index is 309. The van der Waals surface area contributed by atoms with Crippen LogP contribution in [0.4, 0.5) is 0 Å². The van der Waals surface area contributed by atoms with Gasteiger partial charge in [0, 0.05) is 9.89 Å². The highest BCUT2D eigenvalue weighted by molar-refractivity contribution is 9.10. The van der Waals surface area contributed by atoms with Crippen molar-refractivity contribution in [2.24, 2.45) is 0 Å². The first-order chi connectivity index (χ1) is 6.16. The van der Waals surface area contributed by atoms with Crippen molar-refractivity contribution in [2.45, 2.75) is 25.2 Å². The van der Waals surface area contributed by atoms with Gasteiger partial charge in [-0.2, -0.15) is 0 Å². The number of hydrogen-bond acceptors (Lipinski definition) is 1. The monoisotopic (exact) mass is 240 g/mol. The second-order valence-corrected chi connectivity index (χ2v) is 4.87. The minimum Gasteiger partial charge on any atom is -0.395 e.